The lowest BCUT2D eigenvalue weighted by molar-refractivity contribution is 0.0924. The SMILES string of the molecule is Cc1cc(C)c(CNC(=O)c2occc2-c2ccccc2)c(=O)[nH]1. The highest BCUT2D eigenvalue weighted by Gasteiger charge is 2.17. The number of amides is 1. The summed E-state index contributed by atoms with van der Waals surface area (Å²) in [4.78, 5) is 27.2. The zero-order valence-corrected chi connectivity index (χ0v) is 13.6. The van der Waals surface area contributed by atoms with Gasteiger partial charge in [-0.2, -0.15) is 0 Å². The number of hydrogen-bond donors (Lipinski definition) is 2. The Morgan fingerprint density at radius 1 is 1.17 bits per heavy atom. The van der Waals surface area contributed by atoms with E-state index in [0.29, 0.717) is 5.56 Å². The van der Waals surface area contributed by atoms with E-state index in [-0.39, 0.29) is 23.8 Å². The summed E-state index contributed by atoms with van der Waals surface area (Å²) in [5.74, 6) is -0.111. The number of pyridine rings is 1. The van der Waals surface area contributed by atoms with Gasteiger partial charge in [0.25, 0.3) is 11.5 Å². The molecule has 2 aromatic heterocycles. The molecule has 1 aromatic carbocycles. The first-order chi connectivity index (χ1) is 11.6. The molecule has 3 rings (SSSR count). The topological polar surface area (TPSA) is 75.1 Å². The quantitative estimate of drug-likeness (QED) is 0.774. The van der Waals surface area contributed by atoms with E-state index in [1.807, 2.05) is 50.2 Å². The van der Waals surface area contributed by atoms with Crippen LogP contribution in [0.2, 0.25) is 0 Å². The number of aryl methyl sites for hydroxylation is 2. The Labute approximate surface area is 139 Å². The van der Waals surface area contributed by atoms with Gasteiger partial charge in [-0.15, -0.1) is 0 Å². The second kappa shape index (κ2) is 6.58. The van der Waals surface area contributed by atoms with E-state index < -0.39 is 0 Å². The molecule has 0 saturated heterocycles. The van der Waals surface area contributed by atoms with E-state index in [2.05, 4.69) is 10.3 Å². The third-order valence-electron chi connectivity index (χ3n) is 3.88. The van der Waals surface area contributed by atoms with Crippen molar-refractivity contribution < 1.29 is 9.21 Å². The summed E-state index contributed by atoms with van der Waals surface area (Å²) in [6.45, 7) is 3.83. The van der Waals surface area contributed by atoms with Gasteiger partial charge < -0.3 is 14.7 Å². The zero-order valence-electron chi connectivity index (χ0n) is 13.6. The molecule has 2 N–H and O–H groups in total. The zero-order chi connectivity index (χ0) is 17.1. The number of benzene rings is 1. The third-order valence-corrected chi connectivity index (χ3v) is 3.88. The maximum Gasteiger partial charge on any atom is 0.287 e. The van der Waals surface area contributed by atoms with Gasteiger partial charge in [0.05, 0.1) is 6.26 Å². The van der Waals surface area contributed by atoms with Gasteiger partial charge in [-0.25, -0.2) is 0 Å². The van der Waals surface area contributed by atoms with E-state index in [0.717, 1.165) is 22.4 Å². The minimum Gasteiger partial charge on any atom is -0.459 e. The smallest absolute Gasteiger partial charge is 0.287 e. The lowest BCUT2D eigenvalue weighted by Gasteiger charge is -2.08. The van der Waals surface area contributed by atoms with Crippen molar-refractivity contribution in [3.05, 3.63) is 81.7 Å². The minimum atomic E-state index is -0.349. The Morgan fingerprint density at radius 2 is 1.92 bits per heavy atom. The van der Waals surface area contributed by atoms with Crippen molar-refractivity contribution in [1.82, 2.24) is 10.3 Å². The van der Waals surface area contributed by atoms with Crippen molar-refractivity contribution in [3.8, 4) is 11.1 Å². The molecule has 0 fully saturated rings. The first-order valence-corrected chi connectivity index (χ1v) is 7.67. The molecule has 0 spiro atoms. The van der Waals surface area contributed by atoms with E-state index in [4.69, 9.17) is 4.42 Å². The monoisotopic (exact) mass is 322 g/mol. The molecule has 0 aliphatic rings. The summed E-state index contributed by atoms with van der Waals surface area (Å²) in [6, 6.07) is 13.2. The predicted molar refractivity (Wildman–Crippen MR) is 91.9 cm³/mol. The van der Waals surface area contributed by atoms with Crippen molar-refractivity contribution in [1.29, 1.82) is 0 Å². The fourth-order valence-corrected chi connectivity index (χ4v) is 2.68. The Morgan fingerprint density at radius 3 is 2.62 bits per heavy atom. The molecule has 0 aliphatic heterocycles. The molecule has 0 atom stereocenters. The van der Waals surface area contributed by atoms with Crippen LogP contribution in [0, 0.1) is 13.8 Å². The fraction of sp³-hybridized carbons (Fsp3) is 0.158. The van der Waals surface area contributed by atoms with Gasteiger partial charge in [0.15, 0.2) is 5.76 Å². The highest BCUT2D eigenvalue weighted by atomic mass is 16.3. The summed E-state index contributed by atoms with van der Waals surface area (Å²) >= 11 is 0. The molecule has 24 heavy (non-hydrogen) atoms. The molecule has 5 heteroatoms. The van der Waals surface area contributed by atoms with Gasteiger partial charge >= 0.3 is 0 Å². The maximum atomic E-state index is 12.4. The van der Waals surface area contributed by atoms with Crippen LogP contribution in [0.25, 0.3) is 11.1 Å². The number of rotatable bonds is 4. The molecule has 1 amide bonds. The van der Waals surface area contributed by atoms with E-state index in [9.17, 15) is 9.59 Å². The van der Waals surface area contributed by atoms with Gasteiger partial charge in [0, 0.05) is 23.4 Å². The van der Waals surface area contributed by atoms with Crippen molar-refractivity contribution >= 4 is 5.91 Å². The molecule has 2 heterocycles. The molecular formula is C19H18N2O3. The molecular weight excluding hydrogens is 304 g/mol. The lowest BCUT2D eigenvalue weighted by Crippen LogP contribution is -2.28. The number of carbonyl (C=O) groups excluding carboxylic acids is 1. The van der Waals surface area contributed by atoms with Gasteiger partial charge in [-0.3, -0.25) is 9.59 Å². The average Bonchev–Trinajstić information content (AvgIpc) is 3.04. The number of carbonyl (C=O) groups is 1. The van der Waals surface area contributed by atoms with Crippen molar-refractivity contribution in [3.63, 3.8) is 0 Å². The van der Waals surface area contributed by atoms with E-state index >= 15 is 0 Å². The Hall–Kier alpha value is -3.08. The molecule has 0 bridgehead atoms. The predicted octanol–water partition coefficient (Wildman–Crippen LogP) is 3.18. The number of aromatic amines is 1. The van der Waals surface area contributed by atoms with Crippen LogP contribution in [0.1, 0.15) is 27.4 Å². The third kappa shape index (κ3) is 3.15. The van der Waals surface area contributed by atoms with Crippen molar-refractivity contribution in [2.24, 2.45) is 0 Å². The van der Waals surface area contributed by atoms with Gasteiger partial charge in [0.1, 0.15) is 0 Å². The minimum absolute atomic E-state index is 0.148. The second-order valence-corrected chi connectivity index (χ2v) is 5.66. The van der Waals surface area contributed by atoms with Gasteiger partial charge in [-0.1, -0.05) is 30.3 Å². The molecule has 5 nitrogen and oxygen atoms in total. The largest absolute Gasteiger partial charge is 0.459 e. The lowest BCUT2D eigenvalue weighted by atomic mass is 10.1. The highest BCUT2D eigenvalue weighted by Crippen LogP contribution is 2.24. The van der Waals surface area contributed by atoms with Crippen LogP contribution in [-0.4, -0.2) is 10.9 Å². The van der Waals surface area contributed by atoms with Crippen molar-refractivity contribution in [2.75, 3.05) is 0 Å². The number of H-pyrrole nitrogens is 1. The number of hydrogen-bond acceptors (Lipinski definition) is 3. The molecule has 3 aromatic rings. The Balaban J connectivity index is 1.80. The number of nitrogens with one attached hydrogen (secondary N) is 2. The first kappa shape index (κ1) is 15.8. The van der Waals surface area contributed by atoms with Crippen LogP contribution >= 0.6 is 0 Å². The molecule has 122 valence electrons. The molecule has 0 radical (unpaired) electrons. The Bertz CT molecular complexity index is 923. The van der Waals surface area contributed by atoms with Crippen LogP contribution in [0.4, 0.5) is 0 Å². The van der Waals surface area contributed by atoms with Gasteiger partial charge in [0.2, 0.25) is 0 Å². The molecule has 0 unspecified atom stereocenters. The summed E-state index contributed by atoms with van der Waals surface area (Å²) in [6.07, 6.45) is 1.49. The first-order valence-electron chi connectivity index (χ1n) is 7.67. The Kier molecular flexibility index (Phi) is 4.33. The second-order valence-electron chi connectivity index (χ2n) is 5.66. The van der Waals surface area contributed by atoms with Gasteiger partial charge in [-0.05, 0) is 37.1 Å². The summed E-state index contributed by atoms with van der Waals surface area (Å²) in [5, 5.41) is 2.76. The number of aromatic nitrogens is 1. The highest BCUT2D eigenvalue weighted by molar-refractivity contribution is 5.98. The van der Waals surface area contributed by atoms with E-state index in [1.54, 1.807) is 6.07 Å². The maximum absolute atomic E-state index is 12.4. The van der Waals surface area contributed by atoms with Crippen LogP contribution in [0.5, 0.6) is 0 Å². The summed E-state index contributed by atoms with van der Waals surface area (Å²) in [7, 11) is 0. The number of furan rings is 1. The normalized spacial score (nSPS) is 10.6. The average molecular weight is 322 g/mol. The van der Waals surface area contributed by atoms with Crippen molar-refractivity contribution in [2.45, 2.75) is 20.4 Å². The van der Waals surface area contributed by atoms with Crippen LogP contribution < -0.4 is 10.9 Å². The van der Waals surface area contributed by atoms with E-state index in [1.165, 1.54) is 6.26 Å². The summed E-state index contributed by atoms with van der Waals surface area (Å²) in [5.41, 5.74) is 3.63. The van der Waals surface area contributed by atoms with Crippen LogP contribution in [0.15, 0.2) is 57.9 Å². The molecule has 0 saturated carbocycles. The van der Waals surface area contributed by atoms with Crippen LogP contribution in [0.3, 0.4) is 0 Å². The fourth-order valence-electron chi connectivity index (χ4n) is 2.68. The molecule has 0 aliphatic carbocycles. The summed E-state index contributed by atoms with van der Waals surface area (Å²) < 4.78 is 5.35. The van der Waals surface area contributed by atoms with Crippen LogP contribution in [-0.2, 0) is 6.54 Å². The standard InChI is InChI=1S/C19H18N2O3/c1-12-10-13(2)21-18(22)16(12)11-20-19(23)17-15(8-9-24-17)14-6-4-3-5-7-14/h3-10H,11H2,1-2H3,(H,20,23)(H,21,22).